The average Bonchev–Trinajstić information content (AvgIpc) is 2.39. The molecule has 17 heavy (non-hydrogen) atoms. The van der Waals surface area contributed by atoms with Crippen molar-refractivity contribution in [1.82, 2.24) is 4.90 Å². The van der Waals surface area contributed by atoms with Crippen LogP contribution in [-0.2, 0) is 4.74 Å². The van der Waals surface area contributed by atoms with E-state index in [0.29, 0.717) is 5.92 Å². The molecule has 1 rings (SSSR count). The molecule has 3 heteroatoms. The lowest BCUT2D eigenvalue weighted by atomic mass is 9.89. The van der Waals surface area contributed by atoms with Crippen molar-refractivity contribution in [3.8, 4) is 0 Å². The Balaban J connectivity index is 2.48. The number of amides is 1. The molecule has 1 atom stereocenters. The second-order valence-corrected chi connectivity index (χ2v) is 6.40. The zero-order valence-electron chi connectivity index (χ0n) is 12.0. The Labute approximate surface area is 106 Å². The van der Waals surface area contributed by atoms with Crippen LogP contribution in [0.2, 0.25) is 0 Å². The highest BCUT2D eigenvalue weighted by Crippen LogP contribution is 2.25. The normalized spacial score (nSPS) is 22.5. The molecular weight excluding hydrogens is 214 g/mol. The van der Waals surface area contributed by atoms with E-state index < -0.39 is 0 Å². The van der Waals surface area contributed by atoms with Gasteiger partial charge >= 0.3 is 6.09 Å². The molecule has 0 aromatic carbocycles. The summed E-state index contributed by atoms with van der Waals surface area (Å²) in [6.45, 7) is 12.0. The first kappa shape index (κ1) is 14.3. The molecule has 0 aliphatic carbocycles. The molecule has 1 aliphatic heterocycles. The predicted octanol–water partition coefficient (Wildman–Crippen LogP) is 3.68. The van der Waals surface area contributed by atoms with Gasteiger partial charge in [-0.25, -0.2) is 4.79 Å². The lowest BCUT2D eigenvalue weighted by molar-refractivity contribution is 0.0254. The first-order valence-corrected chi connectivity index (χ1v) is 6.77. The fraction of sp³-hybridized carbons (Fsp3) is 0.929. The van der Waals surface area contributed by atoms with Crippen LogP contribution in [0.1, 0.15) is 53.9 Å². The van der Waals surface area contributed by atoms with Crippen molar-refractivity contribution in [3.05, 3.63) is 0 Å². The van der Waals surface area contributed by atoms with E-state index in [-0.39, 0.29) is 11.7 Å². The van der Waals surface area contributed by atoms with Crippen LogP contribution >= 0.6 is 0 Å². The number of carbonyl (C=O) groups is 1. The minimum absolute atomic E-state index is 0.151. The van der Waals surface area contributed by atoms with E-state index in [2.05, 4.69) is 13.8 Å². The van der Waals surface area contributed by atoms with Crippen LogP contribution in [-0.4, -0.2) is 29.7 Å². The molecule has 0 saturated carbocycles. The summed E-state index contributed by atoms with van der Waals surface area (Å²) < 4.78 is 5.42. The number of carbonyl (C=O) groups excluding carboxylic acids is 1. The number of nitrogens with zero attached hydrogens (tertiary/aromatic N) is 1. The van der Waals surface area contributed by atoms with Crippen LogP contribution in [0, 0.1) is 11.8 Å². The first-order valence-electron chi connectivity index (χ1n) is 6.77. The fourth-order valence-corrected chi connectivity index (χ4v) is 2.30. The van der Waals surface area contributed by atoms with Gasteiger partial charge in [-0.1, -0.05) is 13.8 Å². The molecule has 3 nitrogen and oxygen atoms in total. The fourth-order valence-electron chi connectivity index (χ4n) is 2.30. The molecule has 100 valence electrons. The van der Waals surface area contributed by atoms with Gasteiger partial charge in [0.15, 0.2) is 0 Å². The molecule has 1 fully saturated rings. The molecule has 1 unspecified atom stereocenters. The van der Waals surface area contributed by atoms with Gasteiger partial charge in [0.1, 0.15) is 5.60 Å². The van der Waals surface area contributed by atoms with Gasteiger partial charge in [0, 0.05) is 13.1 Å². The lowest BCUT2D eigenvalue weighted by Crippen LogP contribution is -2.37. The number of likely N-dealkylation sites (tertiary alicyclic amines) is 1. The Kier molecular flexibility index (Phi) is 4.84. The van der Waals surface area contributed by atoms with Crippen molar-refractivity contribution in [2.45, 2.75) is 59.5 Å². The topological polar surface area (TPSA) is 29.5 Å². The third-order valence-corrected chi connectivity index (χ3v) is 3.37. The van der Waals surface area contributed by atoms with E-state index >= 15 is 0 Å². The highest BCUT2D eigenvalue weighted by Gasteiger charge is 2.25. The largest absolute Gasteiger partial charge is 0.444 e. The summed E-state index contributed by atoms with van der Waals surface area (Å²) in [6, 6.07) is 0. The number of rotatable bonds is 1. The van der Waals surface area contributed by atoms with Crippen LogP contribution in [0.15, 0.2) is 0 Å². The van der Waals surface area contributed by atoms with E-state index in [4.69, 9.17) is 4.74 Å². The lowest BCUT2D eigenvalue weighted by Gasteiger charge is -2.26. The molecule has 1 heterocycles. The monoisotopic (exact) mass is 241 g/mol. The molecule has 1 amide bonds. The van der Waals surface area contributed by atoms with E-state index in [1.165, 1.54) is 6.42 Å². The van der Waals surface area contributed by atoms with Gasteiger partial charge in [-0.2, -0.15) is 0 Å². The zero-order valence-corrected chi connectivity index (χ0v) is 12.0. The summed E-state index contributed by atoms with van der Waals surface area (Å²) >= 11 is 0. The summed E-state index contributed by atoms with van der Waals surface area (Å²) in [6.07, 6.45) is 3.29. The van der Waals surface area contributed by atoms with Crippen molar-refractivity contribution >= 4 is 6.09 Å². The van der Waals surface area contributed by atoms with Gasteiger partial charge in [-0.3, -0.25) is 0 Å². The minimum Gasteiger partial charge on any atom is -0.444 e. The summed E-state index contributed by atoms with van der Waals surface area (Å²) in [5.74, 6) is 1.47. The van der Waals surface area contributed by atoms with Gasteiger partial charge < -0.3 is 9.64 Å². The van der Waals surface area contributed by atoms with Crippen molar-refractivity contribution in [2.75, 3.05) is 13.1 Å². The summed E-state index contributed by atoms with van der Waals surface area (Å²) in [7, 11) is 0. The van der Waals surface area contributed by atoms with E-state index in [1.807, 2.05) is 25.7 Å². The molecule has 0 spiro atoms. The highest BCUT2D eigenvalue weighted by molar-refractivity contribution is 5.68. The molecular formula is C14H27NO2. The Morgan fingerprint density at radius 1 is 1.24 bits per heavy atom. The second-order valence-electron chi connectivity index (χ2n) is 6.40. The minimum atomic E-state index is -0.388. The van der Waals surface area contributed by atoms with Crippen LogP contribution in [0.5, 0.6) is 0 Å². The van der Waals surface area contributed by atoms with Gasteiger partial charge in [0.2, 0.25) is 0 Å². The van der Waals surface area contributed by atoms with Gasteiger partial charge in [0.25, 0.3) is 0 Å². The highest BCUT2D eigenvalue weighted by atomic mass is 16.6. The third-order valence-electron chi connectivity index (χ3n) is 3.37. The van der Waals surface area contributed by atoms with Crippen LogP contribution in [0.25, 0.3) is 0 Å². The summed E-state index contributed by atoms with van der Waals surface area (Å²) in [4.78, 5) is 13.8. The molecule has 0 aromatic heterocycles. The van der Waals surface area contributed by atoms with Crippen molar-refractivity contribution in [1.29, 1.82) is 0 Å². The smallest absolute Gasteiger partial charge is 0.410 e. The predicted molar refractivity (Wildman–Crippen MR) is 70.0 cm³/mol. The van der Waals surface area contributed by atoms with Crippen molar-refractivity contribution in [2.24, 2.45) is 11.8 Å². The zero-order chi connectivity index (χ0) is 13.1. The van der Waals surface area contributed by atoms with Gasteiger partial charge in [-0.05, 0) is 51.9 Å². The SMILES string of the molecule is CC(C)C1CCCN(C(=O)OC(C)(C)C)CC1. The number of hydrogen-bond acceptors (Lipinski definition) is 2. The number of ether oxygens (including phenoxy) is 1. The maximum atomic E-state index is 11.9. The van der Waals surface area contributed by atoms with Gasteiger partial charge in [0.05, 0.1) is 0 Å². The first-order chi connectivity index (χ1) is 7.79. The number of hydrogen-bond donors (Lipinski definition) is 0. The van der Waals surface area contributed by atoms with Crippen LogP contribution in [0.3, 0.4) is 0 Å². The average molecular weight is 241 g/mol. The quantitative estimate of drug-likeness (QED) is 0.701. The Hall–Kier alpha value is -0.730. The molecule has 1 aliphatic rings. The summed E-state index contributed by atoms with van der Waals surface area (Å²) in [5.41, 5.74) is -0.388. The maximum absolute atomic E-state index is 11.9. The molecule has 0 bridgehead atoms. The maximum Gasteiger partial charge on any atom is 0.410 e. The summed E-state index contributed by atoms with van der Waals surface area (Å²) in [5, 5.41) is 0. The van der Waals surface area contributed by atoms with Crippen molar-refractivity contribution < 1.29 is 9.53 Å². The van der Waals surface area contributed by atoms with Crippen LogP contribution in [0.4, 0.5) is 4.79 Å². The molecule has 1 saturated heterocycles. The second kappa shape index (κ2) is 5.74. The standard InChI is InChI=1S/C14H27NO2/c1-11(2)12-7-6-9-15(10-8-12)13(16)17-14(3,4)5/h11-12H,6-10H2,1-5H3. The Morgan fingerprint density at radius 2 is 1.88 bits per heavy atom. The molecule has 0 radical (unpaired) electrons. The Bertz CT molecular complexity index is 255. The molecule has 0 N–H and O–H groups in total. The Morgan fingerprint density at radius 3 is 2.41 bits per heavy atom. The van der Waals surface area contributed by atoms with E-state index in [1.54, 1.807) is 0 Å². The van der Waals surface area contributed by atoms with Gasteiger partial charge in [-0.15, -0.1) is 0 Å². The van der Waals surface area contributed by atoms with Crippen LogP contribution < -0.4 is 0 Å². The third kappa shape index (κ3) is 4.97. The van der Waals surface area contributed by atoms with E-state index in [0.717, 1.165) is 31.8 Å². The van der Waals surface area contributed by atoms with E-state index in [9.17, 15) is 4.79 Å². The van der Waals surface area contributed by atoms with Crippen molar-refractivity contribution in [3.63, 3.8) is 0 Å². The molecule has 0 aromatic rings.